The Hall–Kier alpha value is -0.520. The van der Waals surface area contributed by atoms with Crippen molar-refractivity contribution in [2.24, 2.45) is 5.73 Å². The van der Waals surface area contributed by atoms with Gasteiger partial charge in [-0.1, -0.05) is 12.8 Å². The van der Waals surface area contributed by atoms with Crippen molar-refractivity contribution in [2.75, 3.05) is 13.1 Å². The fourth-order valence-electron chi connectivity index (χ4n) is 4.07. The lowest BCUT2D eigenvalue weighted by Crippen LogP contribution is -2.53. The van der Waals surface area contributed by atoms with Crippen LogP contribution < -0.4 is 5.73 Å². The lowest BCUT2D eigenvalue weighted by molar-refractivity contribution is 0.0892. The summed E-state index contributed by atoms with van der Waals surface area (Å²) in [6.07, 6.45) is 6.33. The minimum absolute atomic E-state index is 0.0400. The molecule has 2 nitrogen and oxygen atoms in total. The zero-order valence-electron chi connectivity index (χ0n) is 12.0. The Morgan fingerprint density at radius 3 is 2.33 bits per heavy atom. The molecule has 0 bridgehead atoms. The van der Waals surface area contributed by atoms with E-state index in [1.54, 1.807) is 0 Å². The molecular weight excluding hydrogens is 338 g/mol. The predicted octanol–water partition coefficient (Wildman–Crippen LogP) is 4.14. The fourth-order valence-corrected chi connectivity index (χ4v) is 4.42. The van der Waals surface area contributed by atoms with Crippen LogP contribution in [0.1, 0.15) is 50.1 Å². The second-order valence-corrected chi connectivity index (χ2v) is 7.09. The Bertz CT molecular complexity index is 523. The summed E-state index contributed by atoms with van der Waals surface area (Å²) in [6, 6.07) is 2.09. The molecule has 0 radical (unpaired) electrons. The Balaban J connectivity index is 2.02. The van der Waals surface area contributed by atoms with Crippen LogP contribution in [0.5, 0.6) is 0 Å². The monoisotopic (exact) mass is 358 g/mol. The van der Waals surface area contributed by atoms with E-state index in [4.69, 9.17) is 5.73 Å². The third kappa shape index (κ3) is 2.53. The molecule has 3 rings (SSSR count). The number of nitrogens with two attached hydrogens (primary N) is 1. The van der Waals surface area contributed by atoms with E-state index >= 15 is 0 Å². The molecule has 1 aromatic rings. The molecule has 1 atom stereocenters. The van der Waals surface area contributed by atoms with Crippen molar-refractivity contribution in [1.82, 2.24) is 4.90 Å². The van der Waals surface area contributed by atoms with Gasteiger partial charge in [0.1, 0.15) is 11.6 Å². The highest BCUT2D eigenvalue weighted by Gasteiger charge is 2.47. The van der Waals surface area contributed by atoms with Crippen LogP contribution in [-0.4, -0.2) is 23.5 Å². The van der Waals surface area contributed by atoms with Gasteiger partial charge in [-0.05, 0) is 66.8 Å². The Labute approximate surface area is 132 Å². The largest absolute Gasteiger partial charge is 0.322 e. The topological polar surface area (TPSA) is 29.3 Å². The van der Waals surface area contributed by atoms with E-state index in [0.29, 0.717) is 0 Å². The van der Waals surface area contributed by atoms with Gasteiger partial charge in [0.05, 0.1) is 10.5 Å². The zero-order valence-corrected chi connectivity index (χ0v) is 13.6. The summed E-state index contributed by atoms with van der Waals surface area (Å²) in [7, 11) is 0. The van der Waals surface area contributed by atoms with E-state index in [1.165, 1.54) is 12.1 Å². The van der Waals surface area contributed by atoms with Gasteiger partial charge in [-0.15, -0.1) is 0 Å². The van der Waals surface area contributed by atoms with Crippen LogP contribution in [0.2, 0.25) is 0 Å². The number of nitrogens with zero attached hydrogens (tertiary/aromatic N) is 1. The van der Waals surface area contributed by atoms with Gasteiger partial charge >= 0.3 is 0 Å². The van der Waals surface area contributed by atoms with Gasteiger partial charge in [0.2, 0.25) is 0 Å². The first-order chi connectivity index (χ1) is 10.1. The minimum Gasteiger partial charge on any atom is -0.322 e. The first-order valence-corrected chi connectivity index (χ1v) is 8.49. The minimum atomic E-state index is -0.615. The third-order valence-corrected chi connectivity index (χ3v) is 5.79. The van der Waals surface area contributed by atoms with Crippen molar-refractivity contribution in [3.63, 3.8) is 0 Å². The van der Waals surface area contributed by atoms with Gasteiger partial charge in [0.25, 0.3) is 0 Å². The first kappa shape index (κ1) is 15.4. The molecule has 1 heterocycles. The molecule has 0 spiro atoms. The Morgan fingerprint density at radius 2 is 1.71 bits per heavy atom. The second-order valence-electron chi connectivity index (χ2n) is 6.24. The summed E-state index contributed by atoms with van der Waals surface area (Å²) >= 11 is 3.15. The van der Waals surface area contributed by atoms with Crippen molar-refractivity contribution in [3.05, 3.63) is 33.8 Å². The maximum absolute atomic E-state index is 14.4. The van der Waals surface area contributed by atoms with Gasteiger partial charge in [0.15, 0.2) is 0 Å². The van der Waals surface area contributed by atoms with Gasteiger partial charge in [-0.3, -0.25) is 4.90 Å². The van der Waals surface area contributed by atoms with Crippen molar-refractivity contribution in [2.45, 2.75) is 50.1 Å². The molecule has 1 unspecified atom stereocenters. The number of hydrogen-bond acceptors (Lipinski definition) is 2. The van der Waals surface area contributed by atoms with Gasteiger partial charge in [-0.25, -0.2) is 8.78 Å². The number of likely N-dealkylation sites (tertiary alicyclic amines) is 1. The number of benzene rings is 1. The van der Waals surface area contributed by atoms with Crippen molar-refractivity contribution in [1.29, 1.82) is 0 Å². The van der Waals surface area contributed by atoms with E-state index < -0.39 is 17.7 Å². The molecule has 1 aliphatic heterocycles. The first-order valence-electron chi connectivity index (χ1n) is 7.70. The smallest absolute Gasteiger partial charge is 0.145 e. The van der Waals surface area contributed by atoms with E-state index in [0.717, 1.165) is 51.6 Å². The second kappa shape index (κ2) is 5.94. The van der Waals surface area contributed by atoms with Crippen LogP contribution in [0.15, 0.2) is 16.6 Å². The number of rotatable bonds is 3. The third-order valence-electron chi connectivity index (χ3n) is 5.17. The average molecular weight is 359 g/mol. The Kier molecular flexibility index (Phi) is 4.35. The predicted molar refractivity (Wildman–Crippen MR) is 83.0 cm³/mol. The lowest BCUT2D eigenvalue weighted by Gasteiger charge is -2.43. The van der Waals surface area contributed by atoms with Crippen LogP contribution >= 0.6 is 15.9 Å². The molecule has 0 aromatic heterocycles. The summed E-state index contributed by atoms with van der Waals surface area (Å²) in [4.78, 5) is 2.38. The molecule has 2 aliphatic rings. The molecule has 116 valence electrons. The van der Waals surface area contributed by atoms with E-state index in [1.807, 2.05) is 0 Å². The van der Waals surface area contributed by atoms with Crippen molar-refractivity contribution < 1.29 is 8.78 Å². The van der Waals surface area contributed by atoms with Crippen LogP contribution in [0.3, 0.4) is 0 Å². The molecule has 1 saturated carbocycles. The molecule has 1 aliphatic carbocycles. The quantitative estimate of drug-likeness (QED) is 0.822. The summed E-state index contributed by atoms with van der Waals surface area (Å²) in [6.45, 7) is 1.98. The molecule has 1 saturated heterocycles. The van der Waals surface area contributed by atoms with Crippen LogP contribution in [-0.2, 0) is 0 Å². The normalized spacial score (nSPS) is 23.6. The molecule has 21 heavy (non-hydrogen) atoms. The molecule has 5 heteroatoms. The van der Waals surface area contributed by atoms with Gasteiger partial charge in [0, 0.05) is 11.1 Å². The standard InChI is InChI=1S/C16H21BrF2N2/c17-11-5-6-12(18)13(14(11)19)15(20)16(7-1-2-8-16)21-9-3-4-10-21/h5-6,15H,1-4,7-10,20H2. The van der Waals surface area contributed by atoms with Crippen molar-refractivity contribution in [3.8, 4) is 0 Å². The van der Waals surface area contributed by atoms with Crippen LogP contribution in [0, 0.1) is 11.6 Å². The summed E-state index contributed by atoms with van der Waals surface area (Å²) in [5.74, 6) is -1.08. The molecule has 2 N–H and O–H groups in total. The zero-order chi connectivity index (χ0) is 15.0. The van der Waals surface area contributed by atoms with Crippen molar-refractivity contribution >= 4 is 15.9 Å². The Morgan fingerprint density at radius 1 is 1.10 bits per heavy atom. The molecular formula is C16H21BrF2N2. The van der Waals surface area contributed by atoms with Gasteiger partial charge < -0.3 is 5.73 Å². The summed E-state index contributed by atoms with van der Waals surface area (Å²) in [5, 5.41) is 0. The highest BCUT2D eigenvalue weighted by molar-refractivity contribution is 9.10. The highest BCUT2D eigenvalue weighted by Crippen LogP contribution is 2.46. The molecule has 0 amide bonds. The van der Waals surface area contributed by atoms with E-state index in [2.05, 4.69) is 20.8 Å². The maximum atomic E-state index is 14.4. The molecule has 1 aromatic carbocycles. The summed E-state index contributed by atoms with van der Waals surface area (Å²) in [5.41, 5.74) is 6.20. The maximum Gasteiger partial charge on any atom is 0.145 e. The van der Waals surface area contributed by atoms with E-state index in [-0.39, 0.29) is 15.6 Å². The lowest BCUT2D eigenvalue weighted by atomic mass is 9.82. The van der Waals surface area contributed by atoms with E-state index in [9.17, 15) is 8.78 Å². The van der Waals surface area contributed by atoms with Crippen LogP contribution in [0.25, 0.3) is 0 Å². The number of halogens is 3. The SMILES string of the molecule is NC(c1c(F)ccc(Br)c1F)C1(N2CCCC2)CCCC1. The van der Waals surface area contributed by atoms with Crippen LogP contribution in [0.4, 0.5) is 8.78 Å². The average Bonchev–Trinajstić information content (AvgIpc) is 3.13. The summed E-state index contributed by atoms with van der Waals surface area (Å²) < 4.78 is 29.0. The van der Waals surface area contributed by atoms with Gasteiger partial charge in [-0.2, -0.15) is 0 Å². The number of hydrogen-bond donors (Lipinski definition) is 1. The highest BCUT2D eigenvalue weighted by atomic mass is 79.9. The fraction of sp³-hybridized carbons (Fsp3) is 0.625. The molecule has 2 fully saturated rings.